The summed E-state index contributed by atoms with van der Waals surface area (Å²) in [4.78, 5) is 12.5. The lowest BCUT2D eigenvalue weighted by Crippen LogP contribution is -2.19. The average molecular weight is 324 g/mol. The molecule has 0 radical (unpaired) electrons. The number of carbonyl (C=O) groups is 1. The van der Waals surface area contributed by atoms with Crippen LogP contribution in [0, 0.1) is 13.8 Å². The topological polar surface area (TPSA) is 73.0 Å². The van der Waals surface area contributed by atoms with E-state index in [0.29, 0.717) is 12.3 Å². The third-order valence-electron chi connectivity index (χ3n) is 4.04. The largest absolute Gasteiger partial charge is 0.361 e. The molecule has 24 heavy (non-hydrogen) atoms. The van der Waals surface area contributed by atoms with E-state index in [-0.39, 0.29) is 11.8 Å². The number of rotatable bonds is 5. The van der Waals surface area contributed by atoms with Crippen molar-refractivity contribution in [3.8, 4) is 0 Å². The summed E-state index contributed by atoms with van der Waals surface area (Å²) in [5, 5.41) is 11.0. The lowest BCUT2D eigenvalue weighted by molar-refractivity contribution is -0.117. The predicted molar refractivity (Wildman–Crippen MR) is 90.8 cm³/mol. The molecular weight excluding hydrogens is 304 g/mol. The summed E-state index contributed by atoms with van der Waals surface area (Å²) in [7, 11) is 0. The molecule has 124 valence electrons. The highest BCUT2D eigenvalue weighted by atomic mass is 16.5. The van der Waals surface area contributed by atoms with E-state index < -0.39 is 0 Å². The molecule has 0 aliphatic carbocycles. The number of nitrogens with one attached hydrogen (secondary N) is 1. The molecule has 6 nitrogen and oxygen atoms in total. The van der Waals surface area contributed by atoms with Crippen molar-refractivity contribution >= 4 is 11.6 Å². The Morgan fingerprint density at radius 1 is 1.29 bits per heavy atom. The van der Waals surface area contributed by atoms with Crippen molar-refractivity contribution < 1.29 is 9.32 Å². The van der Waals surface area contributed by atoms with Gasteiger partial charge >= 0.3 is 0 Å². The van der Waals surface area contributed by atoms with E-state index in [1.807, 2.05) is 62.0 Å². The summed E-state index contributed by atoms with van der Waals surface area (Å²) in [6, 6.07) is 9.66. The smallest absolute Gasteiger partial charge is 0.231 e. The first kappa shape index (κ1) is 16.0. The van der Waals surface area contributed by atoms with Crippen LogP contribution in [0.4, 0.5) is 5.69 Å². The van der Waals surface area contributed by atoms with Gasteiger partial charge in [-0.15, -0.1) is 0 Å². The average Bonchev–Trinajstić information content (AvgIpc) is 3.18. The Morgan fingerprint density at radius 2 is 2.04 bits per heavy atom. The minimum atomic E-state index is -0.319. The van der Waals surface area contributed by atoms with Gasteiger partial charge in [0.2, 0.25) is 5.91 Å². The third kappa shape index (κ3) is 3.37. The van der Waals surface area contributed by atoms with E-state index in [2.05, 4.69) is 15.6 Å². The number of benzene rings is 1. The second kappa shape index (κ2) is 6.70. The van der Waals surface area contributed by atoms with Gasteiger partial charge in [0.15, 0.2) is 0 Å². The van der Waals surface area contributed by atoms with Crippen molar-refractivity contribution in [1.29, 1.82) is 0 Å². The van der Waals surface area contributed by atoms with Gasteiger partial charge in [0.05, 0.1) is 18.2 Å². The first-order valence-corrected chi connectivity index (χ1v) is 7.84. The first-order chi connectivity index (χ1) is 11.5. The zero-order valence-electron chi connectivity index (χ0n) is 14.0. The molecule has 1 atom stereocenters. The van der Waals surface area contributed by atoms with E-state index in [0.717, 1.165) is 22.5 Å². The molecule has 1 amide bonds. The number of nitrogens with zero attached hydrogens (tertiary/aromatic N) is 3. The van der Waals surface area contributed by atoms with E-state index in [1.54, 1.807) is 6.20 Å². The summed E-state index contributed by atoms with van der Waals surface area (Å²) in [5.41, 5.74) is 3.49. The molecule has 0 fully saturated rings. The molecule has 0 aliphatic rings. The molecule has 0 spiro atoms. The summed E-state index contributed by atoms with van der Waals surface area (Å²) < 4.78 is 7.00. The number of hydrogen-bond acceptors (Lipinski definition) is 4. The Labute approximate surface area is 140 Å². The van der Waals surface area contributed by atoms with Crippen LogP contribution in [-0.2, 0) is 11.3 Å². The molecular formula is C18H20N4O2. The highest BCUT2D eigenvalue weighted by molar-refractivity contribution is 5.95. The van der Waals surface area contributed by atoms with Crippen LogP contribution >= 0.6 is 0 Å². The zero-order chi connectivity index (χ0) is 17.1. The highest BCUT2D eigenvalue weighted by Crippen LogP contribution is 2.24. The van der Waals surface area contributed by atoms with Gasteiger partial charge in [0, 0.05) is 23.6 Å². The second-order valence-corrected chi connectivity index (χ2v) is 5.85. The molecule has 3 rings (SSSR count). The fourth-order valence-corrected chi connectivity index (χ4v) is 2.76. The van der Waals surface area contributed by atoms with Crippen LogP contribution < -0.4 is 5.32 Å². The van der Waals surface area contributed by atoms with Crippen molar-refractivity contribution in [3.63, 3.8) is 0 Å². The Morgan fingerprint density at radius 3 is 2.62 bits per heavy atom. The quantitative estimate of drug-likeness (QED) is 0.781. The fourth-order valence-electron chi connectivity index (χ4n) is 2.76. The number of anilines is 1. The van der Waals surface area contributed by atoms with E-state index in [9.17, 15) is 4.79 Å². The number of aryl methyl sites for hydroxylation is 2. The van der Waals surface area contributed by atoms with Gasteiger partial charge in [-0.25, -0.2) is 0 Å². The summed E-state index contributed by atoms with van der Waals surface area (Å²) >= 11 is 0. The standard InChI is InChI=1S/C18H20N4O2/c1-12(17-13(2)21-24-14(17)3)18(23)20-16-7-5-15(6-8-16)11-22-10-4-9-19-22/h4-10,12H,11H2,1-3H3,(H,20,23). The van der Waals surface area contributed by atoms with Crippen LogP contribution in [0.5, 0.6) is 0 Å². The first-order valence-electron chi connectivity index (χ1n) is 7.84. The zero-order valence-corrected chi connectivity index (χ0v) is 14.0. The van der Waals surface area contributed by atoms with Crippen molar-refractivity contribution in [2.75, 3.05) is 5.32 Å². The van der Waals surface area contributed by atoms with Gasteiger partial charge < -0.3 is 9.84 Å². The molecule has 1 unspecified atom stereocenters. The monoisotopic (exact) mass is 324 g/mol. The number of hydrogen-bond donors (Lipinski definition) is 1. The molecule has 3 aromatic rings. The predicted octanol–water partition coefficient (Wildman–Crippen LogP) is 3.28. The minimum absolute atomic E-state index is 0.0794. The van der Waals surface area contributed by atoms with Crippen molar-refractivity contribution in [2.45, 2.75) is 33.2 Å². The van der Waals surface area contributed by atoms with Crippen LogP contribution in [0.1, 0.15) is 35.4 Å². The normalized spacial score (nSPS) is 12.1. The Balaban J connectivity index is 1.66. The van der Waals surface area contributed by atoms with Crippen molar-refractivity contribution in [1.82, 2.24) is 14.9 Å². The Bertz CT molecular complexity index is 800. The maximum atomic E-state index is 12.5. The number of aromatic nitrogens is 3. The maximum Gasteiger partial charge on any atom is 0.231 e. The van der Waals surface area contributed by atoms with Crippen LogP contribution in [-0.4, -0.2) is 20.8 Å². The van der Waals surface area contributed by atoms with Gasteiger partial charge in [-0.2, -0.15) is 5.10 Å². The van der Waals surface area contributed by atoms with Gasteiger partial charge in [-0.1, -0.05) is 17.3 Å². The minimum Gasteiger partial charge on any atom is -0.361 e. The molecule has 2 aromatic heterocycles. The van der Waals surface area contributed by atoms with Crippen molar-refractivity contribution in [3.05, 3.63) is 65.3 Å². The highest BCUT2D eigenvalue weighted by Gasteiger charge is 2.22. The SMILES string of the molecule is Cc1noc(C)c1C(C)C(=O)Nc1ccc(Cn2cccn2)cc1. The molecule has 6 heteroatoms. The lowest BCUT2D eigenvalue weighted by Gasteiger charge is -2.12. The summed E-state index contributed by atoms with van der Waals surface area (Å²) in [5.74, 6) is 0.286. The number of carbonyl (C=O) groups excluding carboxylic acids is 1. The molecule has 1 aromatic carbocycles. The maximum absolute atomic E-state index is 12.5. The molecule has 0 bridgehead atoms. The molecule has 0 saturated heterocycles. The molecule has 0 saturated carbocycles. The second-order valence-electron chi connectivity index (χ2n) is 5.85. The third-order valence-corrected chi connectivity index (χ3v) is 4.04. The summed E-state index contributed by atoms with van der Waals surface area (Å²) in [6.45, 7) is 6.23. The van der Waals surface area contributed by atoms with E-state index in [1.165, 1.54) is 0 Å². The van der Waals surface area contributed by atoms with Crippen molar-refractivity contribution in [2.24, 2.45) is 0 Å². The van der Waals surface area contributed by atoms with E-state index >= 15 is 0 Å². The van der Waals surface area contributed by atoms with Crippen LogP contribution in [0.25, 0.3) is 0 Å². The molecule has 0 aliphatic heterocycles. The van der Waals surface area contributed by atoms with Crippen LogP contribution in [0.3, 0.4) is 0 Å². The van der Waals surface area contributed by atoms with Gasteiger partial charge in [0.1, 0.15) is 5.76 Å². The van der Waals surface area contributed by atoms with Gasteiger partial charge in [-0.05, 0) is 44.5 Å². The van der Waals surface area contributed by atoms with Crippen LogP contribution in [0.15, 0.2) is 47.2 Å². The molecule has 2 heterocycles. The van der Waals surface area contributed by atoms with Crippen LogP contribution in [0.2, 0.25) is 0 Å². The lowest BCUT2D eigenvalue weighted by atomic mass is 9.98. The van der Waals surface area contributed by atoms with Gasteiger partial charge in [0.25, 0.3) is 0 Å². The summed E-state index contributed by atoms with van der Waals surface area (Å²) in [6.07, 6.45) is 3.67. The Kier molecular flexibility index (Phi) is 4.46. The fraction of sp³-hybridized carbons (Fsp3) is 0.278. The van der Waals surface area contributed by atoms with E-state index in [4.69, 9.17) is 4.52 Å². The Hall–Kier alpha value is -2.89. The molecule has 1 N–H and O–H groups in total. The van der Waals surface area contributed by atoms with Gasteiger partial charge in [-0.3, -0.25) is 9.48 Å². The number of amides is 1.